The molecule has 0 amide bonds. The zero-order chi connectivity index (χ0) is 58.3. The van der Waals surface area contributed by atoms with Gasteiger partial charge in [-0.2, -0.15) is 5.26 Å². The molecule has 428 valence electrons. The van der Waals surface area contributed by atoms with Crippen LogP contribution in [0.5, 0.6) is 0 Å². The lowest BCUT2D eigenvalue weighted by molar-refractivity contribution is -0.0989. The Balaban J connectivity index is 0.798. The fourth-order valence-electron chi connectivity index (χ4n) is 13.0. The number of aromatic nitrogens is 12. The molecule has 0 saturated heterocycles. The first-order valence-electron chi connectivity index (χ1n) is 28.5. The van der Waals surface area contributed by atoms with Crippen LogP contribution in [0.1, 0.15) is 153 Å². The van der Waals surface area contributed by atoms with Gasteiger partial charge in [-0.1, -0.05) is 103 Å². The highest BCUT2D eigenvalue weighted by molar-refractivity contribution is 6.35. The summed E-state index contributed by atoms with van der Waals surface area (Å²) in [5, 5.41) is 45.2. The van der Waals surface area contributed by atoms with Crippen LogP contribution in [0.2, 0.25) is 5.02 Å². The predicted molar refractivity (Wildman–Crippen MR) is 317 cm³/mol. The van der Waals surface area contributed by atoms with E-state index in [0.29, 0.717) is 70.6 Å². The number of aryl methyl sites for hydroxylation is 2. The molecule has 4 saturated carbocycles. The van der Waals surface area contributed by atoms with Gasteiger partial charge in [0.25, 0.3) is 6.43 Å². The summed E-state index contributed by atoms with van der Waals surface area (Å²) in [4.78, 5) is 27.9. The highest BCUT2D eigenvalue weighted by atomic mass is 35.5. The smallest absolute Gasteiger partial charge is 0.263 e. The largest absolute Gasteiger partial charge is 0.373 e. The van der Waals surface area contributed by atoms with Crippen molar-refractivity contribution in [2.45, 2.75) is 145 Å². The molecule has 4 fully saturated rings. The molecule has 3 unspecified atom stereocenters. The number of fused-ring (bicyclic) bond motifs is 2. The summed E-state index contributed by atoms with van der Waals surface area (Å²) in [5.41, 5.74) is 5.56. The maximum atomic E-state index is 14.2. The van der Waals surface area contributed by atoms with Gasteiger partial charge < -0.3 is 21.3 Å². The molecular formula is C62H74ClF2N17. The number of hydrogen-bond acceptors (Lipinski definition) is 15. The summed E-state index contributed by atoms with van der Waals surface area (Å²) in [6, 6.07) is 16.9. The second-order valence-corrected chi connectivity index (χ2v) is 26.6. The Bertz CT molecular complexity index is 3730. The maximum absolute atomic E-state index is 14.2. The van der Waals surface area contributed by atoms with Gasteiger partial charge in [0, 0.05) is 70.1 Å². The number of nitrogens with zero attached hydrogens (tertiary/aromatic N) is 13. The number of nitriles is 1. The first kappa shape index (κ1) is 56.4. The van der Waals surface area contributed by atoms with E-state index >= 15 is 0 Å². The minimum absolute atomic E-state index is 0.0888. The van der Waals surface area contributed by atoms with E-state index in [1.54, 1.807) is 18.6 Å². The Morgan fingerprint density at radius 3 is 1.61 bits per heavy atom. The van der Waals surface area contributed by atoms with Crippen molar-refractivity contribution in [1.29, 1.82) is 5.26 Å². The van der Waals surface area contributed by atoms with E-state index in [1.165, 1.54) is 17.3 Å². The number of anilines is 4. The predicted octanol–water partition coefficient (Wildman–Crippen LogP) is 13.3. The maximum Gasteiger partial charge on any atom is 0.263 e. The Kier molecular flexibility index (Phi) is 14.3. The molecule has 82 heavy (non-hydrogen) atoms. The molecule has 6 aromatic heterocycles. The quantitative estimate of drug-likeness (QED) is 0.0497. The second kappa shape index (κ2) is 20.8. The van der Waals surface area contributed by atoms with E-state index in [0.717, 1.165) is 69.8 Å². The lowest BCUT2D eigenvalue weighted by atomic mass is 9.49. The van der Waals surface area contributed by atoms with Crippen molar-refractivity contribution in [1.82, 2.24) is 59.9 Å². The van der Waals surface area contributed by atoms with Gasteiger partial charge in [0.15, 0.2) is 0 Å². The third kappa shape index (κ3) is 9.91. The van der Waals surface area contributed by atoms with Crippen LogP contribution in [0, 0.1) is 64.6 Å². The molecule has 0 radical (unpaired) electrons. The van der Waals surface area contributed by atoms with Gasteiger partial charge in [-0.25, -0.2) is 38.1 Å². The molecule has 2 aromatic carbocycles. The van der Waals surface area contributed by atoms with Crippen molar-refractivity contribution in [2.24, 2.45) is 39.4 Å². The summed E-state index contributed by atoms with van der Waals surface area (Å²) in [6.45, 7) is 28.6. The number of halogens is 3. The molecule has 4 atom stereocenters. The normalized spacial score (nSPS) is 19.2. The number of rotatable bonds is 22. The van der Waals surface area contributed by atoms with Crippen LogP contribution >= 0.6 is 11.6 Å². The van der Waals surface area contributed by atoms with Crippen LogP contribution in [0.25, 0.3) is 21.8 Å². The number of hydrogen-bond donors (Lipinski definition) is 4. The zero-order valence-corrected chi connectivity index (χ0v) is 49.7. The third-order valence-corrected chi connectivity index (χ3v) is 20.5. The Morgan fingerprint density at radius 2 is 1.15 bits per heavy atom. The molecule has 17 nitrogen and oxygen atoms in total. The standard InChI is InChI=1S/C62H74ClF2N17/c1-35-43(15-13-19-67-35)52(48-29-81(79-77-48)61-25-39(26-61)27-61)75-41-21-40(28-66)50-45(22-41)54(73-33-71-50)69-31-57(5,6)37(3)59(9,10)60(11,12)38(4)58(7,8)32-70-55-46-23-42(24-47(63)51(46)72-34-74-55)76-53(44-16-14-20-68-36(44)2)49-30-82(80-78-49)62(17-18-62)56(64)65/h13-16,19-24,29-30,33-34,37-39,52-53,56,75-76H,17-18,25-27,31-32H2,1-12H3,(H,69,71,73)(H,70,72,74)/t37?,38?,39?,52-,53?,61?/m1/s1. The average Bonchev–Trinajstić information content (AvgIpc) is 1.62. The zero-order valence-electron chi connectivity index (χ0n) is 48.9. The number of alkyl halides is 2. The Morgan fingerprint density at radius 1 is 0.671 bits per heavy atom. The fraction of sp³-hybridized carbons (Fsp3) is 0.500. The first-order chi connectivity index (χ1) is 38.9. The van der Waals surface area contributed by atoms with E-state index in [9.17, 15) is 14.0 Å². The third-order valence-electron chi connectivity index (χ3n) is 20.2. The van der Waals surface area contributed by atoms with Gasteiger partial charge in [0.2, 0.25) is 0 Å². The molecule has 6 heterocycles. The lowest BCUT2D eigenvalue weighted by Gasteiger charge is -2.61. The molecule has 2 bridgehead atoms. The minimum Gasteiger partial charge on any atom is -0.373 e. The molecule has 4 aliphatic carbocycles. The first-order valence-corrected chi connectivity index (χ1v) is 28.9. The van der Waals surface area contributed by atoms with Crippen molar-refractivity contribution in [3.05, 3.63) is 130 Å². The van der Waals surface area contributed by atoms with Crippen molar-refractivity contribution in [3.63, 3.8) is 0 Å². The molecular weight excluding hydrogens is 1060 g/mol. The highest BCUT2D eigenvalue weighted by Gasteiger charge is 2.59. The van der Waals surface area contributed by atoms with Gasteiger partial charge in [-0.3, -0.25) is 9.97 Å². The number of nitrogens with one attached hydrogen (secondary N) is 4. The van der Waals surface area contributed by atoms with E-state index < -0.39 is 18.0 Å². The number of pyridine rings is 2. The molecule has 12 rings (SSSR count). The molecule has 20 heteroatoms. The minimum atomic E-state index is -2.56. The van der Waals surface area contributed by atoms with E-state index in [4.69, 9.17) is 26.7 Å². The van der Waals surface area contributed by atoms with Crippen LogP contribution < -0.4 is 21.3 Å². The summed E-state index contributed by atoms with van der Waals surface area (Å²) in [5.74, 6) is 2.47. The van der Waals surface area contributed by atoms with Crippen LogP contribution in [-0.2, 0) is 11.1 Å². The monoisotopic (exact) mass is 1130 g/mol. The van der Waals surface area contributed by atoms with E-state index in [1.807, 2.05) is 56.3 Å². The van der Waals surface area contributed by atoms with Crippen molar-refractivity contribution >= 4 is 56.4 Å². The second-order valence-electron chi connectivity index (χ2n) is 26.2. The summed E-state index contributed by atoms with van der Waals surface area (Å²) in [6.07, 6.45) is 11.8. The SMILES string of the molecule is Cc1ncccc1C(Nc1cc(Cl)c2ncnc(NCC(C)(C)C(C)C(C)(C)C(C)(C)C(C)C(C)(C)CNc3ncnc4c(C#N)cc(N[C@@H](c5cn(C67CC(C6)C7)nn5)c5cccnc5C)cc34)c2c1)c1cn(C2(C(F)F)CC2)nn1. The molecule has 0 spiro atoms. The lowest BCUT2D eigenvalue weighted by Crippen LogP contribution is -2.59. The summed E-state index contributed by atoms with van der Waals surface area (Å²) < 4.78 is 31.8. The van der Waals surface area contributed by atoms with Crippen molar-refractivity contribution < 1.29 is 8.78 Å². The van der Waals surface area contributed by atoms with Crippen LogP contribution in [0.3, 0.4) is 0 Å². The highest BCUT2D eigenvalue weighted by Crippen LogP contribution is 2.62. The van der Waals surface area contributed by atoms with Crippen LogP contribution in [0.4, 0.5) is 31.8 Å². The van der Waals surface area contributed by atoms with Crippen LogP contribution in [-0.4, -0.2) is 79.4 Å². The van der Waals surface area contributed by atoms with Gasteiger partial charge in [0.1, 0.15) is 47.3 Å². The van der Waals surface area contributed by atoms with E-state index in [2.05, 4.69) is 149 Å². The van der Waals surface area contributed by atoms with E-state index in [-0.39, 0.29) is 45.1 Å². The molecule has 8 aromatic rings. The Hall–Kier alpha value is -7.46. The topological polar surface area (TPSA) is 211 Å². The van der Waals surface area contributed by atoms with Gasteiger partial charge >= 0.3 is 0 Å². The molecule has 4 aliphatic rings. The summed E-state index contributed by atoms with van der Waals surface area (Å²) >= 11 is 7.03. The molecule has 0 aliphatic heterocycles. The molecule has 4 N–H and O–H groups in total. The van der Waals surface area contributed by atoms with Crippen molar-refractivity contribution in [3.8, 4) is 6.07 Å². The van der Waals surface area contributed by atoms with Gasteiger partial charge in [-0.05, 0) is 122 Å². The Labute approximate surface area is 483 Å². The average molecular weight is 1130 g/mol. The van der Waals surface area contributed by atoms with Crippen molar-refractivity contribution in [2.75, 3.05) is 34.4 Å². The van der Waals surface area contributed by atoms with Crippen LogP contribution in [0.15, 0.2) is 86.0 Å². The van der Waals surface area contributed by atoms with Gasteiger partial charge in [-0.15, -0.1) is 10.2 Å². The number of benzene rings is 2. The van der Waals surface area contributed by atoms with Gasteiger partial charge in [0.05, 0.1) is 51.6 Å². The summed E-state index contributed by atoms with van der Waals surface area (Å²) in [7, 11) is 0. The fourth-order valence-corrected chi connectivity index (χ4v) is 13.3.